The van der Waals surface area contributed by atoms with E-state index in [2.05, 4.69) is 10.3 Å². The molecular weight excluding hydrogens is 220 g/mol. The molecule has 2 rings (SSSR count). The number of hydrogen-bond acceptors (Lipinski definition) is 4. The van der Waals surface area contributed by atoms with Crippen molar-refractivity contribution >= 4 is 12.1 Å². The van der Waals surface area contributed by atoms with Gasteiger partial charge in [0.15, 0.2) is 0 Å². The zero-order valence-corrected chi connectivity index (χ0v) is 9.34. The molecule has 1 amide bonds. The van der Waals surface area contributed by atoms with Gasteiger partial charge < -0.3 is 9.15 Å². The number of benzene rings is 1. The highest BCUT2D eigenvalue weighted by molar-refractivity contribution is 5.81. The molecule has 0 saturated heterocycles. The number of oxazole rings is 1. The smallest absolute Gasteiger partial charge is 0.415 e. The molecule has 0 bridgehead atoms. The van der Waals surface area contributed by atoms with Crippen LogP contribution in [-0.4, -0.2) is 11.1 Å². The quantitative estimate of drug-likeness (QED) is 0.883. The van der Waals surface area contributed by atoms with E-state index in [-0.39, 0.29) is 12.6 Å². The fourth-order valence-corrected chi connectivity index (χ4v) is 1.26. The predicted octanol–water partition coefficient (Wildman–Crippen LogP) is 2.73. The highest BCUT2D eigenvalue weighted by atomic mass is 16.6. The Labute approximate surface area is 98.4 Å². The molecule has 0 aliphatic rings. The van der Waals surface area contributed by atoms with Crippen molar-refractivity contribution in [1.82, 2.24) is 4.98 Å². The van der Waals surface area contributed by atoms with Crippen LogP contribution in [0.4, 0.5) is 10.8 Å². The number of amides is 1. The van der Waals surface area contributed by atoms with Crippen molar-refractivity contribution in [3.05, 3.63) is 47.9 Å². The second-order valence-electron chi connectivity index (χ2n) is 3.48. The number of aryl methyl sites for hydroxylation is 1. The van der Waals surface area contributed by atoms with Crippen molar-refractivity contribution in [3.63, 3.8) is 0 Å². The van der Waals surface area contributed by atoms with Gasteiger partial charge in [-0.1, -0.05) is 30.3 Å². The van der Waals surface area contributed by atoms with Crippen molar-refractivity contribution in [2.45, 2.75) is 13.5 Å². The van der Waals surface area contributed by atoms with E-state index in [9.17, 15) is 4.79 Å². The van der Waals surface area contributed by atoms with E-state index in [1.807, 2.05) is 30.3 Å². The molecule has 0 unspecified atom stereocenters. The Hall–Kier alpha value is -2.30. The number of nitrogens with zero attached hydrogens (tertiary/aromatic N) is 1. The van der Waals surface area contributed by atoms with Crippen LogP contribution in [0.3, 0.4) is 0 Å². The summed E-state index contributed by atoms with van der Waals surface area (Å²) >= 11 is 0. The molecule has 1 N–H and O–H groups in total. The van der Waals surface area contributed by atoms with E-state index < -0.39 is 6.09 Å². The lowest BCUT2D eigenvalue weighted by molar-refractivity contribution is 0.154. The van der Waals surface area contributed by atoms with E-state index in [1.54, 1.807) is 6.92 Å². The minimum atomic E-state index is -0.587. The van der Waals surface area contributed by atoms with Gasteiger partial charge in [0.1, 0.15) is 12.9 Å². The van der Waals surface area contributed by atoms with E-state index >= 15 is 0 Å². The first-order valence-electron chi connectivity index (χ1n) is 5.14. The van der Waals surface area contributed by atoms with Crippen LogP contribution >= 0.6 is 0 Å². The average Bonchev–Trinajstić information content (AvgIpc) is 2.73. The van der Waals surface area contributed by atoms with Crippen molar-refractivity contribution < 1.29 is 13.9 Å². The van der Waals surface area contributed by atoms with Crippen LogP contribution in [0.2, 0.25) is 0 Å². The topological polar surface area (TPSA) is 64.4 Å². The minimum absolute atomic E-state index is 0.139. The Morgan fingerprint density at radius 2 is 2.18 bits per heavy atom. The molecule has 2 aromatic rings. The Balaban J connectivity index is 1.82. The number of ether oxygens (including phenoxy) is 1. The number of hydrogen-bond donors (Lipinski definition) is 1. The molecule has 5 heteroatoms. The second kappa shape index (κ2) is 5.16. The lowest BCUT2D eigenvalue weighted by Crippen LogP contribution is -2.13. The summed E-state index contributed by atoms with van der Waals surface area (Å²) in [4.78, 5) is 15.3. The van der Waals surface area contributed by atoms with E-state index in [1.165, 1.54) is 6.26 Å². The second-order valence-corrected chi connectivity index (χ2v) is 3.48. The van der Waals surface area contributed by atoms with Gasteiger partial charge in [-0.3, -0.25) is 0 Å². The van der Waals surface area contributed by atoms with E-state index in [4.69, 9.17) is 9.15 Å². The van der Waals surface area contributed by atoms with Crippen LogP contribution in [0, 0.1) is 6.92 Å². The zero-order chi connectivity index (χ0) is 12.1. The first-order chi connectivity index (χ1) is 8.24. The van der Waals surface area contributed by atoms with E-state index in [0.29, 0.717) is 5.69 Å². The third-order valence-electron chi connectivity index (χ3n) is 2.04. The molecule has 5 nitrogen and oxygen atoms in total. The number of nitrogens with one attached hydrogen (secondary N) is 1. The lowest BCUT2D eigenvalue weighted by Gasteiger charge is -2.03. The first kappa shape index (κ1) is 11.2. The van der Waals surface area contributed by atoms with Crippen molar-refractivity contribution in [2.24, 2.45) is 0 Å². The summed E-state index contributed by atoms with van der Waals surface area (Å²) in [5.41, 5.74) is 1.62. The van der Waals surface area contributed by atoms with Gasteiger partial charge in [0.25, 0.3) is 0 Å². The van der Waals surface area contributed by atoms with Gasteiger partial charge >= 0.3 is 12.1 Å². The zero-order valence-electron chi connectivity index (χ0n) is 9.34. The standard InChI is InChI=1S/C12H12N2O3/c1-9-7-16-11(13-9)14-12(15)17-8-10-5-3-2-4-6-10/h2-7H,8H2,1H3,(H,13,14,15). The van der Waals surface area contributed by atoms with Gasteiger partial charge in [0.2, 0.25) is 0 Å². The number of aromatic nitrogens is 1. The SMILES string of the molecule is Cc1coc(NC(=O)OCc2ccccc2)n1. The summed E-state index contributed by atoms with van der Waals surface area (Å²) in [7, 11) is 0. The van der Waals surface area contributed by atoms with Crippen LogP contribution in [0.15, 0.2) is 41.0 Å². The molecule has 17 heavy (non-hydrogen) atoms. The maximum absolute atomic E-state index is 11.4. The summed E-state index contributed by atoms with van der Waals surface area (Å²) in [6.45, 7) is 1.98. The first-order valence-corrected chi connectivity index (χ1v) is 5.14. The molecule has 88 valence electrons. The van der Waals surface area contributed by atoms with Gasteiger partial charge in [0.05, 0.1) is 5.69 Å². The molecule has 1 aromatic carbocycles. The highest BCUT2D eigenvalue weighted by Gasteiger charge is 2.07. The normalized spacial score (nSPS) is 9.94. The third-order valence-corrected chi connectivity index (χ3v) is 2.04. The molecule has 0 radical (unpaired) electrons. The molecule has 1 aromatic heterocycles. The fraction of sp³-hybridized carbons (Fsp3) is 0.167. The summed E-state index contributed by atoms with van der Waals surface area (Å²) in [6, 6.07) is 9.56. The molecule has 0 spiro atoms. The molecule has 0 aliphatic carbocycles. The Bertz CT molecular complexity index is 493. The summed E-state index contributed by atoms with van der Waals surface area (Å²) in [5.74, 6) is 0. The molecular formula is C12H12N2O3. The number of anilines is 1. The van der Waals surface area contributed by atoms with Gasteiger partial charge in [0, 0.05) is 0 Å². The van der Waals surface area contributed by atoms with Gasteiger partial charge in [-0.2, -0.15) is 4.98 Å². The maximum atomic E-state index is 11.4. The van der Waals surface area contributed by atoms with Gasteiger partial charge in [-0.15, -0.1) is 0 Å². The van der Waals surface area contributed by atoms with Crippen LogP contribution in [0.1, 0.15) is 11.3 Å². The minimum Gasteiger partial charge on any atom is -0.444 e. The Morgan fingerprint density at radius 1 is 1.41 bits per heavy atom. The Kier molecular flexibility index (Phi) is 3.40. The van der Waals surface area contributed by atoms with Crippen molar-refractivity contribution in [2.75, 3.05) is 5.32 Å². The number of rotatable bonds is 3. The monoisotopic (exact) mass is 232 g/mol. The Morgan fingerprint density at radius 3 is 2.82 bits per heavy atom. The van der Waals surface area contributed by atoms with Gasteiger partial charge in [-0.25, -0.2) is 10.1 Å². The third kappa shape index (κ3) is 3.34. The summed E-state index contributed by atoms with van der Waals surface area (Å²) < 4.78 is 9.96. The summed E-state index contributed by atoms with van der Waals surface area (Å²) in [5, 5.41) is 2.39. The van der Waals surface area contributed by atoms with Crippen LogP contribution < -0.4 is 5.32 Å². The molecule has 0 saturated carbocycles. The maximum Gasteiger partial charge on any atom is 0.415 e. The summed E-state index contributed by atoms with van der Waals surface area (Å²) in [6.07, 6.45) is 0.864. The van der Waals surface area contributed by atoms with E-state index in [0.717, 1.165) is 5.56 Å². The van der Waals surface area contributed by atoms with Crippen molar-refractivity contribution in [1.29, 1.82) is 0 Å². The highest BCUT2D eigenvalue weighted by Crippen LogP contribution is 2.07. The van der Waals surface area contributed by atoms with Crippen molar-refractivity contribution in [3.8, 4) is 0 Å². The molecule has 0 aliphatic heterocycles. The van der Waals surface area contributed by atoms with Gasteiger partial charge in [-0.05, 0) is 12.5 Å². The fourth-order valence-electron chi connectivity index (χ4n) is 1.26. The predicted molar refractivity (Wildman–Crippen MR) is 61.5 cm³/mol. The molecule has 0 atom stereocenters. The number of carbonyl (C=O) groups is 1. The lowest BCUT2D eigenvalue weighted by atomic mass is 10.2. The van der Waals surface area contributed by atoms with Crippen LogP contribution in [0.25, 0.3) is 0 Å². The number of carbonyl (C=O) groups excluding carboxylic acids is 1. The van der Waals surface area contributed by atoms with Crippen LogP contribution in [-0.2, 0) is 11.3 Å². The molecule has 1 heterocycles. The molecule has 0 fully saturated rings. The van der Waals surface area contributed by atoms with Crippen LogP contribution in [0.5, 0.6) is 0 Å². The average molecular weight is 232 g/mol. The largest absolute Gasteiger partial charge is 0.444 e.